The van der Waals surface area contributed by atoms with Crippen molar-refractivity contribution in [3.63, 3.8) is 0 Å². The Balaban J connectivity index is 1.56. The number of fused-ring (bicyclic) bond motifs is 3. The van der Waals surface area contributed by atoms with Gasteiger partial charge in [-0.15, -0.1) is 5.10 Å². The molecule has 164 valence electrons. The number of nitrogens with zero attached hydrogens (tertiary/aromatic N) is 4. The summed E-state index contributed by atoms with van der Waals surface area (Å²) in [6.07, 6.45) is -0.855. The van der Waals surface area contributed by atoms with E-state index in [-0.39, 0.29) is 23.7 Å². The maximum absolute atomic E-state index is 13.0. The minimum atomic E-state index is -0.607. The summed E-state index contributed by atoms with van der Waals surface area (Å²) in [5.74, 6) is -0.190. The third-order valence-electron chi connectivity index (χ3n) is 5.35. The highest BCUT2D eigenvalue weighted by molar-refractivity contribution is 6.29. The first-order chi connectivity index (χ1) is 14.7. The number of likely N-dealkylation sites (tertiary alicyclic amines) is 1. The number of carbonyl (C=O) groups excluding carboxylic acids is 2. The molecule has 0 bridgehead atoms. The van der Waals surface area contributed by atoms with Crippen LogP contribution < -0.4 is 0 Å². The Morgan fingerprint density at radius 3 is 2.58 bits per heavy atom. The first-order valence-electron chi connectivity index (χ1n) is 10.2. The second-order valence-corrected chi connectivity index (χ2v) is 9.19. The number of rotatable bonds is 2. The third kappa shape index (κ3) is 4.74. The van der Waals surface area contributed by atoms with Gasteiger partial charge >= 0.3 is 12.2 Å². The molecule has 2 aliphatic rings. The van der Waals surface area contributed by atoms with Gasteiger partial charge < -0.3 is 14.4 Å². The molecule has 1 saturated heterocycles. The van der Waals surface area contributed by atoms with Crippen LogP contribution in [0, 0.1) is 0 Å². The highest BCUT2D eigenvalue weighted by atomic mass is 35.5. The van der Waals surface area contributed by atoms with Crippen LogP contribution in [0.1, 0.15) is 43.5 Å². The molecule has 2 unspecified atom stereocenters. The molecule has 1 aromatic heterocycles. The highest BCUT2D eigenvalue weighted by Crippen LogP contribution is 2.38. The Morgan fingerprint density at radius 1 is 1.13 bits per heavy atom. The van der Waals surface area contributed by atoms with Gasteiger partial charge in [0.2, 0.25) is 0 Å². The van der Waals surface area contributed by atoms with Crippen molar-refractivity contribution < 1.29 is 19.1 Å². The van der Waals surface area contributed by atoms with Crippen molar-refractivity contribution in [2.75, 3.05) is 13.1 Å². The summed E-state index contributed by atoms with van der Waals surface area (Å²) in [5, 5.41) is 8.51. The maximum atomic E-state index is 13.0. The van der Waals surface area contributed by atoms with E-state index in [2.05, 4.69) is 10.2 Å². The first-order valence-corrected chi connectivity index (χ1v) is 10.6. The maximum Gasteiger partial charge on any atom is 0.410 e. The fourth-order valence-corrected chi connectivity index (χ4v) is 4.17. The van der Waals surface area contributed by atoms with E-state index < -0.39 is 17.8 Å². The van der Waals surface area contributed by atoms with Gasteiger partial charge in [0.25, 0.3) is 0 Å². The number of amides is 2. The molecule has 9 heteroatoms. The van der Waals surface area contributed by atoms with Crippen LogP contribution in [0.25, 0.3) is 0 Å². The van der Waals surface area contributed by atoms with Crippen LogP contribution in [0.2, 0.25) is 5.15 Å². The molecule has 0 N–H and O–H groups in total. The predicted octanol–water partition coefficient (Wildman–Crippen LogP) is 3.99. The Morgan fingerprint density at radius 2 is 1.87 bits per heavy atom. The smallest absolute Gasteiger partial charge is 0.410 e. The lowest BCUT2D eigenvalue weighted by atomic mass is 9.90. The van der Waals surface area contributed by atoms with Gasteiger partial charge in [0.15, 0.2) is 5.15 Å². The normalized spacial score (nSPS) is 20.1. The summed E-state index contributed by atoms with van der Waals surface area (Å²) in [4.78, 5) is 28.9. The van der Waals surface area contributed by atoms with Crippen LogP contribution in [0.15, 0.2) is 36.4 Å². The number of hydrogen-bond acceptors (Lipinski definition) is 6. The Bertz CT molecular complexity index is 979. The van der Waals surface area contributed by atoms with Gasteiger partial charge in [-0.3, -0.25) is 4.90 Å². The summed E-state index contributed by atoms with van der Waals surface area (Å²) in [6.45, 7) is 6.65. The standard InChI is InChI=1S/C22H25ClN4O4/c1-22(2,3)31-20(28)26-11-16-17(12-26)27(10-15-9-18(23)24-25-19(15)16)21(29)30-13-14-7-5-4-6-8-14/h4-9,16-17H,10-13H2,1-3H3. The molecule has 2 amide bonds. The molecule has 1 fully saturated rings. The second kappa shape index (κ2) is 8.34. The van der Waals surface area contributed by atoms with Crippen LogP contribution >= 0.6 is 11.6 Å². The number of halogens is 1. The minimum Gasteiger partial charge on any atom is -0.445 e. The molecule has 2 aliphatic heterocycles. The van der Waals surface area contributed by atoms with Gasteiger partial charge in [0.05, 0.1) is 18.3 Å². The highest BCUT2D eigenvalue weighted by Gasteiger charge is 2.47. The number of aromatic nitrogens is 2. The second-order valence-electron chi connectivity index (χ2n) is 8.80. The molecule has 0 spiro atoms. The molecule has 0 aliphatic carbocycles. The number of benzene rings is 1. The number of carbonyl (C=O) groups is 2. The first kappa shape index (κ1) is 21.4. The SMILES string of the molecule is CC(C)(C)OC(=O)N1CC2c3nnc(Cl)cc3CN(C(=O)OCc3ccccc3)C2C1. The van der Waals surface area contributed by atoms with Gasteiger partial charge in [-0.1, -0.05) is 41.9 Å². The zero-order valence-electron chi connectivity index (χ0n) is 17.7. The van der Waals surface area contributed by atoms with E-state index >= 15 is 0 Å². The van der Waals surface area contributed by atoms with Crippen LogP contribution in [-0.2, 0) is 22.6 Å². The van der Waals surface area contributed by atoms with Crippen LogP contribution in [-0.4, -0.2) is 56.9 Å². The molecule has 2 atom stereocenters. The number of ether oxygens (including phenoxy) is 2. The van der Waals surface area contributed by atoms with Crippen LogP contribution in [0.4, 0.5) is 9.59 Å². The summed E-state index contributed by atoms with van der Waals surface area (Å²) < 4.78 is 11.1. The fraction of sp³-hybridized carbons (Fsp3) is 0.455. The lowest BCUT2D eigenvalue weighted by molar-refractivity contribution is 0.0271. The van der Waals surface area contributed by atoms with E-state index in [1.807, 2.05) is 51.1 Å². The Kier molecular flexibility index (Phi) is 5.75. The van der Waals surface area contributed by atoms with Gasteiger partial charge in [-0.05, 0) is 38.0 Å². The topological polar surface area (TPSA) is 84.9 Å². The van der Waals surface area contributed by atoms with Crippen molar-refractivity contribution >= 4 is 23.8 Å². The summed E-state index contributed by atoms with van der Waals surface area (Å²) in [5.41, 5.74) is 1.86. The average molecular weight is 445 g/mol. The van der Waals surface area contributed by atoms with Crippen molar-refractivity contribution in [1.82, 2.24) is 20.0 Å². The van der Waals surface area contributed by atoms with Gasteiger partial charge in [0, 0.05) is 19.0 Å². The van der Waals surface area contributed by atoms with Crippen molar-refractivity contribution in [3.05, 3.63) is 58.4 Å². The molecule has 2 aromatic rings. The molecule has 4 rings (SSSR count). The predicted molar refractivity (Wildman–Crippen MR) is 114 cm³/mol. The molecule has 1 aromatic carbocycles. The summed E-state index contributed by atoms with van der Waals surface area (Å²) in [6, 6.07) is 10.9. The van der Waals surface area contributed by atoms with E-state index in [0.29, 0.717) is 19.6 Å². The summed E-state index contributed by atoms with van der Waals surface area (Å²) in [7, 11) is 0. The minimum absolute atomic E-state index is 0.172. The summed E-state index contributed by atoms with van der Waals surface area (Å²) >= 11 is 6.05. The van der Waals surface area contributed by atoms with Crippen molar-refractivity contribution in [2.45, 2.75) is 51.5 Å². The van der Waals surface area contributed by atoms with E-state index in [9.17, 15) is 9.59 Å². The molecular weight excluding hydrogens is 420 g/mol. The van der Waals surface area contributed by atoms with E-state index in [0.717, 1.165) is 16.8 Å². The molecule has 0 saturated carbocycles. The zero-order valence-corrected chi connectivity index (χ0v) is 18.5. The Labute approximate surface area is 186 Å². The largest absolute Gasteiger partial charge is 0.445 e. The quantitative estimate of drug-likeness (QED) is 0.696. The van der Waals surface area contributed by atoms with E-state index in [4.69, 9.17) is 21.1 Å². The molecule has 0 radical (unpaired) electrons. The zero-order chi connectivity index (χ0) is 22.2. The molecular formula is C22H25ClN4O4. The van der Waals surface area contributed by atoms with E-state index in [1.165, 1.54) is 0 Å². The molecule has 3 heterocycles. The van der Waals surface area contributed by atoms with Crippen molar-refractivity contribution in [2.24, 2.45) is 0 Å². The number of hydrogen-bond donors (Lipinski definition) is 0. The van der Waals surface area contributed by atoms with Gasteiger partial charge in [-0.25, -0.2) is 9.59 Å². The monoisotopic (exact) mass is 444 g/mol. The van der Waals surface area contributed by atoms with Crippen LogP contribution in [0.3, 0.4) is 0 Å². The van der Waals surface area contributed by atoms with E-state index in [1.54, 1.807) is 15.9 Å². The lowest BCUT2D eigenvalue weighted by Gasteiger charge is -2.36. The third-order valence-corrected chi connectivity index (χ3v) is 5.53. The van der Waals surface area contributed by atoms with Crippen molar-refractivity contribution in [1.29, 1.82) is 0 Å². The fourth-order valence-electron chi connectivity index (χ4n) is 4.00. The Hall–Kier alpha value is -2.87. The van der Waals surface area contributed by atoms with Crippen LogP contribution in [0.5, 0.6) is 0 Å². The van der Waals surface area contributed by atoms with Gasteiger partial charge in [0.1, 0.15) is 12.2 Å². The molecule has 31 heavy (non-hydrogen) atoms. The average Bonchev–Trinajstić information content (AvgIpc) is 3.16. The van der Waals surface area contributed by atoms with Gasteiger partial charge in [-0.2, -0.15) is 5.10 Å². The molecule has 8 nitrogen and oxygen atoms in total. The van der Waals surface area contributed by atoms with Crippen molar-refractivity contribution in [3.8, 4) is 0 Å². The lowest BCUT2D eigenvalue weighted by Crippen LogP contribution is -2.47.